The molecule has 0 spiro atoms. The number of nitrogens with zero attached hydrogens (tertiary/aromatic N) is 2. The van der Waals surface area contributed by atoms with Gasteiger partial charge in [-0.2, -0.15) is 0 Å². The molecule has 644 valence electrons. The summed E-state index contributed by atoms with van der Waals surface area (Å²) in [4.78, 5) is 126. The topological polar surface area (TPSA) is 356 Å². The summed E-state index contributed by atoms with van der Waals surface area (Å²) in [5, 5.41) is 26.9. The Morgan fingerprint density at radius 2 is 0.886 bits per heavy atom. The quantitative estimate of drug-likeness (QED) is 0.0124. The maximum absolute atomic E-state index is 15.4. The molecule has 0 bridgehead atoms. The third-order valence-corrected chi connectivity index (χ3v) is 21.4. The summed E-state index contributed by atoms with van der Waals surface area (Å²) in [6.07, 6.45) is -26.1. The third-order valence-electron chi connectivity index (χ3n) is 19.5. The predicted octanol–water partition coefficient (Wildman–Crippen LogP) is 15.4. The number of nitro groups is 2. The van der Waals surface area contributed by atoms with Gasteiger partial charge in [-0.25, -0.2) is 24.0 Å². The first kappa shape index (κ1) is 91.4. The molecule has 9 aromatic rings. The number of rotatable bonds is 37. The molecule has 123 heavy (non-hydrogen) atoms. The summed E-state index contributed by atoms with van der Waals surface area (Å²) in [6, 6.07) is 62.7. The highest BCUT2D eigenvalue weighted by molar-refractivity contribution is 7.99. The molecule has 3 saturated heterocycles. The smallest absolute Gasteiger partial charge is 0.407 e. The van der Waals surface area contributed by atoms with Gasteiger partial charge in [0.25, 0.3) is 11.4 Å². The molecule has 3 aliphatic rings. The van der Waals surface area contributed by atoms with Crippen molar-refractivity contribution in [3.63, 3.8) is 0 Å². The average Bonchev–Trinajstić information content (AvgIpc) is 0.781. The zero-order valence-electron chi connectivity index (χ0n) is 65.8. The molecule has 0 aliphatic carbocycles. The lowest BCUT2D eigenvalue weighted by atomic mass is 9.94. The van der Waals surface area contributed by atoms with Crippen molar-refractivity contribution in [2.24, 2.45) is 0 Å². The number of carbonyl (C=O) groups is 7. The fourth-order valence-corrected chi connectivity index (χ4v) is 14.8. The van der Waals surface area contributed by atoms with Crippen LogP contribution in [0.25, 0.3) is 0 Å². The van der Waals surface area contributed by atoms with Crippen LogP contribution in [0.15, 0.2) is 254 Å². The van der Waals surface area contributed by atoms with Crippen molar-refractivity contribution in [2.75, 3.05) is 26.4 Å². The lowest BCUT2D eigenvalue weighted by Crippen LogP contribution is -2.71. The summed E-state index contributed by atoms with van der Waals surface area (Å²) in [6.45, 7) is -0.673. The Bertz CT molecular complexity index is 5020. The van der Waals surface area contributed by atoms with Crippen LogP contribution in [0.3, 0.4) is 0 Å². The van der Waals surface area contributed by atoms with E-state index in [2.05, 4.69) is 5.32 Å². The lowest BCUT2D eigenvalue weighted by molar-refractivity contribution is -0.385. The van der Waals surface area contributed by atoms with E-state index in [1.165, 1.54) is 31.2 Å². The van der Waals surface area contributed by atoms with Gasteiger partial charge >= 0.3 is 35.9 Å². The number of hydrogen-bond acceptors (Lipinski definition) is 27. The Morgan fingerprint density at radius 3 is 1.41 bits per heavy atom. The molecule has 0 radical (unpaired) electrons. The largest absolute Gasteiger partial charge is 0.459 e. The number of Topliss-reactive ketones (excluding diaryl/α,β-unsaturated/α-hetero) is 1. The maximum Gasteiger partial charge on any atom is 0.407 e. The van der Waals surface area contributed by atoms with E-state index in [1.807, 2.05) is 55.5 Å². The number of alkyl carbamates (subject to hydrolysis) is 1. The van der Waals surface area contributed by atoms with Gasteiger partial charge in [-0.1, -0.05) is 221 Å². The highest BCUT2D eigenvalue weighted by Gasteiger charge is 2.60. The second-order valence-electron chi connectivity index (χ2n) is 28.4. The first-order chi connectivity index (χ1) is 59.4. The molecule has 3 heterocycles. The summed E-state index contributed by atoms with van der Waals surface area (Å²) >= 11 is 26.9. The zero-order chi connectivity index (χ0) is 86.9. The molecular formula is C89H83Cl4N3O26S. The summed E-state index contributed by atoms with van der Waals surface area (Å²) < 4.78 is 99.4. The predicted molar refractivity (Wildman–Crippen MR) is 445 cm³/mol. The van der Waals surface area contributed by atoms with Gasteiger partial charge in [0.2, 0.25) is 3.79 Å². The number of halogens is 4. The number of nitrogens with one attached hydrogen (secondary N) is 1. The number of esters is 5. The molecule has 29 nitrogen and oxygen atoms in total. The van der Waals surface area contributed by atoms with Gasteiger partial charge in [-0.3, -0.25) is 25.0 Å². The molecule has 34 heteroatoms. The highest BCUT2D eigenvalue weighted by atomic mass is 35.6. The summed E-state index contributed by atoms with van der Waals surface area (Å²) in [7, 11) is 0. The van der Waals surface area contributed by atoms with Gasteiger partial charge in [0, 0.05) is 40.6 Å². The van der Waals surface area contributed by atoms with E-state index >= 15 is 14.4 Å². The molecular weight excluding hydrogens is 1700 g/mol. The SMILES string of the molecule is CC(=O)CCC(=O)O[C@H]1[C@H](O[C@@H]2[C@@H](NC(=O)OCC(Cl)(Cl)Cl)[C@H](O[C@H]3[C@@H](OC(=O)c4ccc([N+](=O)[O-])cc4)[C@@H](COC(=O)c4ccc([N+](=O)[O-])cc4)O[C@@H](Sc4ccc(C)cc4)[C@@H]3OCc3ccccc3Cl)O[C@H](COC(=O)c3ccccc3)[C@@H]2OC(=O)c2ccccc2)O[C@H](COCc2ccccc2)[C@H](OCc2ccccc2)[C@@H]1OCc1ccccc1. The van der Waals surface area contributed by atoms with E-state index < -0.39 is 179 Å². The fraction of sp³-hybridized carbons (Fsp3) is 0.315. The number of nitro benzene ring substituents is 2. The van der Waals surface area contributed by atoms with Gasteiger partial charge < -0.3 is 81.2 Å². The Morgan fingerprint density at radius 1 is 0.439 bits per heavy atom. The van der Waals surface area contributed by atoms with E-state index in [-0.39, 0.29) is 71.6 Å². The molecule has 9 aromatic carbocycles. The second-order valence-corrected chi connectivity index (χ2v) is 32.5. The molecule has 0 saturated carbocycles. The van der Waals surface area contributed by atoms with Crippen LogP contribution >= 0.6 is 58.2 Å². The van der Waals surface area contributed by atoms with Crippen LogP contribution in [0.4, 0.5) is 16.2 Å². The van der Waals surface area contributed by atoms with Crippen LogP contribution in [0.2, 0.25) is 5.02 Å². The number of alkyl halides is 3. The van der Waals surface area contributed by atoms with Crippen molar-refractivity contribution < 1.29 is 114 Å². The van der Waals surface area contributed by atoms with Crippen LogP contribution in [0, 0.1) is 27.2 Å². The van der Waals surface area contributed by atoms with Crippen LogP contribution < -0.4 is 5.32 Å². The van der Waals surface area contributed by atoms with Gasteiger partial charge in [0.1, 0.15) is 85.9 Å². The minimum absolute atomic E-state index is 0.00819. The normalized spacial score (nSPS) is 22.5. The monoisotopic (exact) mass is 1780 g/mol. The number of ketones is 1. The van der Waals surface area contributed by atoms with Gasteiger partial charge in [-0.05, 0) is 103 Å². The number of amides is 1. The standard InChI is InChI=1S/C89H83Cl4N3O26S/c1-54-32-43-66(44-33-54)123-87-80(111-49-63-30-18-19-31-67(63)90)78(75(120-84(102)62-37-41-65(42-38-62)96(106)107)70(117-87)52-113-82(100)61-35-39-64(40-36-61)95(104)105)122-85-72(94-88(103)114-53-89(91,92)93)76(74(119-83(101)60-28-16-7-17-29-60)69(115-85)51-112-81(99)59-26-14-6-15-27-59)121-86-79(118-71(98)45-34-55(2)97)77(110-48-58-24-12-5-13-25-58)73(109-47-57-22-10-4-11-23-57)68(116-86)50-108-46-56-20-8-3-9-21-56/h3-33,35-44,68-70,72-80,85-87H,34,45-53H2,1-2H3,(H,94,103)/t68-,69-,70-,72-,73+,74+,75+,76-,77+,78+,79-,80-,85+,86+,87+/m1/s1. The molecule has 0 aromatic heterocycles. The molecule has 1 N–H and O–H groups in total. The van der Waals surface area contributed by atoms with Crippen molar-refractivity contribution in [3.8, 4) is 0 Å². The fourth-order valence-electron chi connectivity index (χ4n) is 13.4. The summed E-state index contributed by atoms with van der Waals surface area (Å²) in [5.41, 5.74) is 0.530. The maximum atomic E-state index is 15.4. The van der Waals surface area contributed by atoms with Gasteiger partial charge in [0.15, 0.2) is 30.9 Å². The molecule has 12 rings (SSSR count). The number of carbonyl (C=O) groups excluding carboxylic acids is 7. The Kier molecular flexibility index (Phi) is 33.1. The molecule has 3 fully saturated rings. The molecule has 15 atom stereocenters. The number of ether oxygens (including phenoxy) is 15. The Labute approximate surface area is 730 Å². The van der Waals surface area contributed by atoms with E-state index in [4.69, 9.17) is 117 Å². The van der Waals surface area contributed by atoms with Gasteiger partial charge in [-0.15, -0.1) is 0 Å². The number of benzene rings is 9. The molecule has 1 amide bonds. The van der Waals surface area contributed by atoms with E-state index in [1.54, 1.807) is 127 Å². The average molecular weight is 1780 g/mol. The van der Waals surface area contributed by atoms with Crippen molar-refractivity contribution in [2.45, 2.75) is 153 Å². The van der Waals surface area contributed by atoms with Crippen molar-refractivity contribution in [1.29, 1.82) is 0 Å². The van der Waals surface area contributed by atoms with Gasteiger partial charge in [0.05, 0.1) is 71.6 Å². The molecule has 0 unspecified atom stereocenters. The zero-order valence-corrected chi connectivity index (χ0v) is 69.7. The number of aryl methyl sites for hydroxylation is 1. The van der Waals surface area contributed by atoms with Crippen LogP contribution in [0.1, 0.15) is 89.0 Å². The summed E-state index contributed by atoms with van der Waals surface area (Å²) in [5.74, 6) is -5.70. The Hall–Kier alpha value is -10.8. The minimum Gasteiger partial charge on any atom is -0.459 e. The van der Waals surface area contributed by atoms with Crippen molar-refractivity contribution in [3.05, 3.63) is 324 Å². The first-order valence-electron chi connectivity index (χ1n) is 38.7. The Balaban J connectivity index is 1.08. The van der Waals surface area contributed by atoms with Crippen LogP contribution in [0.5, 0.6) is 0 Å². The van der Waals surface area contributed by atoms with Crippen molar-refractivity contribution >= 4 is 111 Å². The van der Waals surface area contributed by atoms with E-state index in [9.17, 15) is 39.4 Å². The highest BCUT2D eigenvalue weighted by Crippen LogP contribution is 2.43. The minimum atomic E-state index is -2.31. The van der Waals surface area contributed by atoms with Crippen LogP contribution in [-0.2, 0) is 107 Å². The number of thioether (sulfide) groups is 1. The lowest BCUT2D eigenvalue weighted by Gasteiger charge is -2.51. The molecule has 3 aliphatic heterocycles. The van der Waals surface area contributed by atoms with Crippen molar-refractivity contribution in [1.82, 2.24) is 5.32 Å². The van der Waals surface area contributed by atoms with E-state index in [0.717, 1.165) is 71.4 Å². The van der Waals surface area contributed by atoms with Crippen LogP contribution in [-0.4, -0.2) is 173 Å². The first-order valence-corrected chi connectivity index (χ1v) is 41.1. The number of non-ortho nitro benzene ring substituents is 2. The third kappa shape index (κ3) is 26.4. The second kappa shape index (κ2) is 44.5. The van der Waals surface area contributed by atoms with E-state index in [0.29, 0.717) is 21.6 Å². The number of hydrogen-bond donors (Lipinski definition) is 1.